The maximum Gasteiger partial charge on any atom is 0.230 e. The summed E-state index contributed by atoms with van der Waals surface area (Å²) in [6.45, 7) is 8.33. The summed E-state index contributed by atoms with van der Waals surface area (Å²) >= 11 is 1.40. The predicted octanol–water partition coefficient (Wildman–Crippen LogP) is 4.20. The molecule has 8 heteroatoms. The van der Waals surface area contributed by atoms with Crippen molar-refractivity contribution in [3.63, 3.8) is 0 Å². The summed E-state index contributed by atoms with van der Waals surface area (Å²) in [4.78, 5) is 27.0. The third-order valence-electron chi connectivity index (χ3n) is 5.69. The number of hydrogen-bond acceptors (Lipinski definition) is 5. The van der Waals surface area contributed by atoms with Crippen LogP contribution in [-0.2, 0) is 22.7 Å². The number of hydrogen-bond donors (Lipinski definition) is 1. The van der Waals surface area contributed by atoms with Crippen molar-refractivity contribution in [3.05, 3.63) is 41.7 Å². The molecule has 2 amide bonds. The predicted molar refractivity (Wildman–Crippen MR) is 127 cm³/mol. The van der Waals surface area contributed by atoms with Crippen LogP contribution in [-0.4, -0.2) is 43.8 Å². The van der Waals surface area contributed by atoms with Crippen molar-refractivity contribution in [3.8, 4) is 0 Å². The van der Waals surface area contributed by atoms with E-state index in [4.69, 9.17) is 0 Å². The molecule has 7 nitrogen and oxygen atoms in total. The molecule has 3 rings (SSSR count). The summed E-state index contributed by atoms with van der Waals surface area (Å²) in [6.07, 6.45) is 4.60. The lowest BCUT2D eigenvalue weighted by atomic mass is 9.97. The molecular weight excluding hydrogens is 422 g/mol. The fourth-order valence-electron chi connectivity index (χ4n) is 4.04. The molecule has 1 aromatic heterocycles. The molecule has 1 fully saturated rings. The Bertz CT molecular complexity index is 884. The van der Waals surface area contributed by atoms with E-state index in [1.54, 1.807) is 0 Å². The first-order chi connectivity index (χ1) is 15.5. The van der Waals surface area contributed by atoms with Crippen molar-refractivity contribution in [2.24, 2.45) is 5.92 Å². The Morgan fingerprint density at radius 2 is 1.94 bits per heavy atom. The second-order valence-corrected chi connectivity index (χ2v) is 9.66. The molecular formula is C24H35N5O2S. The fourth-order valence-corrected chi connectivity index (χ4v) is 4.87. The highest BCUT2D eigenvalue weighted by molar-refractivity contribution is 7.99. The zero-order valence-corrected chi connectivity index (χ0v) is 20.2. The van der Waals surface area contributed by atoms with Gasteiger partial charge in [0.1, 0.15) is 0 Å². The Morgan fingerprint density at radius 1 is 1.16 bits per heavy atom. The first kappa shape index (κ1) is 24.3. The molecule has 2 aromatic rings. The normalized spacial score (nSPS) is 15.6. The molecule has 1 aliphatic rings. The van der Waals surface area contributed by atoms with Crippen LogP contribution in [0, 0.1) is 5.92 Å². The maximum atomic E-state index is 12.7. The van der Waals surface area contributed by atoms with Gasteiger partial charge >= 0.3 is 0 Å². The number of carbonyl (C=O) groups is 2. The van der Waals surface area contributed by atoms with E-state index in [0.29, 0.717) is 25.4 Å². The van der Waals surface area contributed by atoms with Gasteiger partial charge in [-0.25, -0.2) is 0 Å². The van der Waals surface area contributed by atoms with Gasteiger partial charge in [-0.3, -0.25) is 9.59 Å². The highest BCUT2D eigenvalue weighted by atomic mass is 32.2. The molecule has 1 saturated heterocycles. The molecule has 0 aliphatic carbocycles. The van der Waals surface area contributed by atoms with Crippen molar-refractivity contribution in [2.75, 3.05) is 12.3 Å². The van der Waals surface area contributed by atoms with Crippen LogP contribution in [0.5, 0.6) is 0 Å². The van der Waals surface area contributed by atoms with Crippen LogP contribution in [0.15, 0.2) is 35.5 Å². The monoisotopic (exact) mass is 457 g/mol. The number of thioether (sulfide) groups is 1. The van der Waals surface area contributed by atoms with Crippen LogP contribution in [0.4, 0.5) is 0 Å². The Hall–Kier alpha value is -2.35. The lowest BCUT2D eigenvalue weighted by molar-refractivity contribution is -0.131. The van der Waals surface area contributed by atoms with Gasteiger partial charge in [-0.05, 0) is 37.7 Å². The van der Waals surface area contributed by atoms with Gasteiger partial charge in [-0.2, -0.15) is 0 Å². The summed E-state index contributed by atoms with van der Waals surface area (Å²) < 4.78 is 2.01. The minimum Gasteiger partial charge on any atom is -0.349 e. The number of carbonyl (C=O) groups excluding carboxylic acids is 2. The standard InChI is InChI=1S/C24H35N5O2S/c1-4-29-21(16-28-14-10-6-9-13-23(28)31)26-27-24(29)32-17-22(30)25-20(15-18(2)3)19-11-7-5-8-12-19/h5,7-8,11-12,18,20H,4,6,9-10,13-17H2,1-3H3,(H,25,30). The molecule has 0 radical (unpaired) electrons. The van der Waals surface area contributed by atoms with Gasteiger partial charge in [0.05, 0.1) is 18.3 Å². The lowest BCUT2D eigenvalue weighted by Gasteiger charge is -2.21. The van der Waals surface area contributed by atoms with Crippen molar-refractivity contribution in [2.45, 2.75) is 77.2 Å². The van der Waals surface area contributed by atoms with E-state index >= 15 is 0 Å². The van der Waals surface area contributed by atoms with Gasteiger partial charge in [0.25, 0.3) is 0 Å². The molecule has 1 N–H and O–H groups in total. The minimum absolute atomic E-state index is 0.00189. The van der Waals surface area contributed by atoms with Gasteiger partial charge in [-0.1, -0.05) is 62.4 Å². The molecule has 2 heterocycles. The highest BCUT2D eigenvalue weighted by Gasteiger charge is 2.21. The molecule has 32 heavy (non-hydrogen) atoms. The van der Waals surface area contributed by atoms with Crippen LogP contribution in [0.2, 0.25) is 0 Å². The van der Waals surface area contributed by atoms with Crippen LogP contribution in [0.1, 0.15) is 70.3 Å². The summed E-state index contributed by atoms with van der Waals surface area (Å²) in [5.41, 5.74) is 1.13. The van der Waals surface area contributed by atoms with E-state index in [1.807, 2.05) is 34.6 Å². The minimum atomic E-state index is -0.0144. The number of nitrogens with one attached hydrogen (secondary N) is 1. The van der Waals surface area contributed by atoms with Crippen LogP contribution < -0.4 is 5.32 Å². The van der Waals surface area contributed by atoms with Crippen molar-refractivity contribution < 1.29 is 9.59 Å². The topological polar surface area (TPSA) is 80.1 Å². The van der Waals surface area contributed by atoms with Crippen molar-refractivity contribution in [1.29, 1.82) is 0 Å². The number of rotatable bonds is 10. The van der Waals surface area contributed by atoms with E-state index < -0.39 is 0 Å². The van der Waals surface area contributed by atoms with E-state index in [-0.39, 0.29) is 23.6 Å². The fraction of sp³-hybridized carbons (Fsp3) is 0.583. The van der Waals surface area contributed by atoms with E-state index in [0.717, 1.165) is 48.8 Å². The number of benzene rings is 1. The van der Waals surface area contributed by atoms with Crippen LogP contribution in [0.25, 0.3) is 0 Å². The molecule has 1 aliphatic heterocycles. The first-order valence-electron chi connectivity index (χ1n) is 11.6. The summed E-state index contributed by atoms with van der Waals surface area (Å²) in [7, 11) is 0. The third-order valence-corrected chi connectivity index (χ3v) is 6.66. The van der Waals surface area contributed by atoms with Crippen molar-refractivity contribution in [1.82, 2.24) is 25.0 Å². The van der Waals surface area contributed by atoms with Gasteiger partial charge < -0.3 is 14.8 Å². The SMILES string of the molecule is CCn1c(CN2CCCCCC2=O)nnc1SCC(=O)NC(CC(C)C)c1ccccc1. The Balaban J connectivity index is 1.60. The average Bonchev–Trinajstić information content (AvgIpc) is 3.05. The Morgan fingerprint density at radius 3 is 2.66 bits per heavy atom. The summed E-state index contributed by atoms with van der Waals surface area (Å²) in [6, 6.07) is 10.1. The summed E-state index contributed by atoms with van der Waals surface area (Å²) in [5.74, 6) is 1.72. The molecule has 174 valence electrons. The highest BCUT2D eigenvalue weighted by Crippen LogP contribution is 2.23. The Kier molecular flexibility index (Phi) is 9.14. The number of nitrogens with zero attached hydrogens (tertiary/aromatic N) is 4. The average molecular weight is 458 g/mol. The third kappa shape index (κ3) is 6.82. The van der Waals surface area contributed by atoms with Crippen LogP contribution >= 0.6 is 11.8 Å². The molecule has 0 bridgehead atoms. The Labute approximate surface area is 195 Å². The molecule has 0 spiro atoms. The van der Waals surface area contributed by atoms with E-state index in [1.165, 1.54) is 11.8 Å². The molecule has 0 saturated carbocycles. The number of aromatic nitrogens is 3. The molecule has 1 unspecified atom stereocenters. The number of amides is 2. The van der Waals surface area contributed by atoms with Gasteiger partial charge in [0.15, 0.2) is 11.0 Å². The van der Waals surface area contributed by atoms with Gasteiger partial charge in [0.2, 0.25) is 11.8 Å². The second-order valence-electron chi connectivity index (χ2n) is 8.72. The van der Waals surface area contributed by atoms with Gasteiger partial charge in [-0.15, -0.1) is 10.2 Å². The molecule has 1 aromatic carbocycles. The number of likely N-dealkylation sites (tertiary alicyclic amines) is 1. The largest absolute Gasteiger partial charge is 0.349 e. The zero-order chi connectivity index (χ0) is 22.9. The quantitative estimate of drug-likeness (QED) is 0.541. The van der Waals surface area contributed by atoms with Crippen molar-refractivity contribution >= 4 is 23.6 Å². The smallest absolute Gasteiger partial charge is 0.230 e. The van der Waals surface area contributed by atoms with E-state index in [9.17, 15) is 9.59 Å². The zero-order valence-electron chi connectivity index (χ0n) is 19.4. The van der Waals surface area contributed by atoms with E-state index in [2.05, 4.69) is 41.5 Å². The molecule has 1 atom stereocenters. The second kappa shape index (κ2) is 12.0. The summed E-state index contributed by atoms with van der Waals surface area (Å²) in [5, 5.41) is 12.6. The first-order valence-corrected chi connectivity index (χ1v) is 12.6. The van der Waals surface area contributed by atoms with Crippen LogP contribution in [0.3, 0.4) is 0 Å². The van der Waals surface area contributed by atoms with Gasteiger partial charge in [0, 0.05) is 19.5 Å². The maximum absolute atomic E-state index is 12.7. The lowest BCUT2D eigenvalue weighted by Crippen LogP contribution is -2.31.